The maximum atomic E-state index is 12.5. The fourth-order valence-electron chi connectivity index (χ4n) is 1.99. The van der Waals surface area contributed by atoms with Gasteiger partial charge in [-0.1, -0.05) is 6.92 Å². The number of rotatable bonds is 2. The molecule has 0 spiro atoms. The minimum absolute atomic E-state index is 0.0868. The first-order valence-electron chi connectivity index (χ1n) is 6.33. The number of aliphatic hydroxyl groups is 1. The van der Waals surface area contributed by atoms with E-state index in [9.17, 15) is 9.90 Å². The second kappa shape index (κ2) is 4.58. The van der Waals surface area contributed by atoms with Crippen LogP contribution in [0.25, 0.3) is 0 Å². The van der Waals surface area contributed by atoms with Gasteiger partial charge >= 0.3 is 0 Å². The van der Waals surface area contributed by atoms with Crippen LogP contribution in [0, 0.1) is 11.3 Å². The molecule has 0 aliphatic carbocycles. The first-order chi connectivity index (χ1) is 7.57. The lowest BCUT2D eigenvalue weighted by atomic mass is 9.73. The summed E-state index contributed by atoms with van der Waals surface area (Å²) in [5.74, 6) is 0.230. The molecule has 0 saturated carbocycles. The highest BCUT2D eigenvalue weighted by Crippen LogP contribution is 2.32. The van der Waals surface area contributed by atoms with E-state index in [1.54, 1.807) is 0 Å². The molecule has 4 nitrogen and oxygen atoms in total. The van der Waals surface area contributed by atoms with Gasteiger partial charge in [-0.3, -0.25) is 4.79 Å². The number of piperidine rings is 1. The summed E-state index contributed by atoms with van der Waals surface area (Å²) in [4.78, 5) is 14.3. The summed E-state index contributed by atoms with van der Waals surface area (Å²) in [5, 5.41) is 9.68. The monoisotopic (exact) mass is 242 g/mol. The summed E-state index contributed by atoms with van der Waals surface area (Å²) < 4.78 is 0. The van der Waals surface area contributed by atoms with E-state index in [4.69, 9.17) is 5.73 Å². The van der Waals surface area contributed by atoms with Gasteiger partial charge < -0.3 is 15.7 Å². The third kappa shape index (κ3) is 2.80. The zero-order valence-corrected chi connectivity index (χ0v) is 11.7. The van der Waals surface area contributed by atoms with Gasteiger partial charge in [-0.05, 0) is 40.0 Å². The van der Waals surface area contributed by atoms with E-state index in [2.05, 4.69) is 0 Å². The molecule has 17 heavy (non-hydrogen) atoms. The van der Waals surface area contributed by atoms with Gasteiger partial charge in [-0.2, -0.15) is 0 Å². The van der Waals surface area contributed by atoms with Crippen LogP contribution in [-0.2, 0) is 4.79 Å². The second-order valence-corrected chi connectivity index (χ2v) is 6.43. The highest BCUT2D eigenvalue weighted by atomic mass is 16.3. The van der Waals surface area contributed by atoms with Crippen LogP contribution in [0.5, 0.6) is 0 Å². The predicted molar refractivity (Wildman–Crippen MR) is 68.4 cm³/mol. The van der Waals surface area contributed by atoms with Crippen LogP contribution in [0.3, 0.4) is 0 Å². The second-order valence-electron chi connectivity index (χ2n) is 6.43. The van der Waals surface area contributed by atoms with E-state index < -0.39 is 11.0 Å². The lowest BCUT2D eigenvalue weighted by molar-refractivity contribution is -0.147. The Balaban J connectivity index is 2.78. The van der Waals surface area contributed by atoms with E-state index >= 15 is 0 Å². The Kier molecular flexibility index (Phi) is 3.89. The van der Waals surface area contributed by atoms with Crippen LogP contribution in [0.4, 0.5) is 0 Å². The van der Waals surface area contributed by atoms with Crippen LogP contribution in [0.15, 0.2) is 0 Å². The number of carbonyl (C=O) groups excluding carboxylic acids is 1. The zero-order chi connectivity index (χ0) is 13.4. The Hall–Kier alpha value is -0.610. The van der Waals surface area contributed by atoms with Crippen molar-refractivity contribution in [2.24, 2.45) is 17.1 Å². The Morgan fingerprint density at radius 3 is 2.29 bits per heavy atom. The molecular weight excluding hydrogens is 216 g/mol. The molecule has 1 aliphatic rings. The maximum Gasteiger partial charge on any atom is 0.230 e. The Morgan fingerprint density at radius 1 is 1.35 bits per heavy atom. The molecule has 1 rings (SSSR count). The number of nitrogens with zero attached hydrogens (tertiary/aromatic N) is 1. The molecule has 1 aliphatic heterocycles. The van der Waals surface area contributed by atoms with Crippen molar-refractivity contribution >= 4 is 5.91 Å². The molecule has 1 fully saturated rings. The normalized spacial score (nSPS) is 27.1. The zero-order valence-electron chi connectivity index (χ0n) is 11.7. The molecule has 2 atom stereocenters. The Labute approximate surface area is 104 Å². The molecule has 100 valence electrons. The first-order valence-corrected chi connectivity index (χ1v) is 6.33. The van der Waals surface area contributed by atoms with Crippen molar-refractivity contribution in [2.75, 3.05) is 13.1 Å². The molecule has 0 radical (unpaired) electrons. The number of aliphatic hydroxyl groups excluding tert-OH is 1. The van der Waals surface area contributed by atoms with Crippen molar-refractivity contribution in [1.82, 2.24) is 4.90 Å². The average molecular weight is 242 g/mol. The summed E-state index contributed by atoms with van der Waals surface area (Å²) in [6, 6.07) is 0. The predicted octanol–water partition coefficient (Wildman–Crippen LogP) is 0.979. The maximum absolute atomic E-state index is 12.5. The first kappa shape index (κ1) is 14.5. The van der Waals surface area contributed by atoms with Crippen molar-refractivity contribution in [2.45, 2.75) is 52.7 Å². The highest BCUT2D eigenvalue weighted by molar-refractivity contribution is 5.83. The van der Waals surface area contributed by atoms with E-state index in [1.807, 2.05) is 39.5 Å². The van der Waals surface area contributed by atoms with Crippen molar-refractivity contribution in [3.05, 3.63) is 0 Å². The van der Waals surface area contributed by atoms with Crippen molar-refractivity contribution < 1.29 is 9.90 Å². The number of nitrogens with two attached hydrogens (primary N) is 1. The molecular formula is C13H26N2O2. The van der Waals surface area contributed by atoms with E-state index in [0.29, 0.717) is 19.5 Å². The third-order valence-corrected chi connectivity index (χ3v) is 4.29. The fourth-order valence-corrected chi connectivity index (χ4v) is 1.99. The van der Waals surface area contributed by atoms with Gasteiger partial charge in [0.2, 0.25) is 5.91 Å². The molecule has 2 unspecified atom stereocenters. The topological polar surface area (TPSA) is 66.6 Å². The van der Waals surface area contributed by atoms with Crippen LogP contribution < -0.4 is 5.73 Å². The third-order valence-electron chi connectivity index (χ3n) is 4.29. The standard InChI is InChI=1S/C13H26N2O2/c1-9-8-15(7-6-10(9)16)11(17)12(2,3)13(4,5)14/h9-10,16H,6-8,14H2,1-5H3. The largest absolute Gasteiger partial charge is 0.393 e. The van der Waals surface area contributed by atoms with Gasteiger partial charge in [0.05, 0.1) is 11.5 Å². The van der Waals surface area contributed by atoms with Crippen molar-refractivity contribution in [3.8, 4) is 0 Å². The van der Waals surface area contributed by atoms with Crippen LogP contribution in [0.1, 0.15) is 41.0 Å². The number of likely N-dealkylation sites (tertiary alicyclic amines) is 1. The van der Waals surface area contributed by atoms with Gasteiger partial charge in [0, 0.05) is 18.6 Å². The molecule has 1 saturated heterocycles. The van der Waals surface area contributed by atoms with Gasteiger partial charge in [-0.25, -0.2) is 0 Å². The van der Waals surface area contributed by atoms with Crippen molar-refractivity contribution in [1.29, 1.82) is 0 Å². The smallest absolute Gasteiger partial charge is 0.230 e. The molecule has 0 bridgehead atoms. The summed E-state index contributed by atoms with van der Waals surface area (Å²) >= 11 is 0. The molecule has 4 heteroatoms. The van der Waals surface area contributed by atoms with E-state index in [0.717, 1.165) is 0 Å². The molecule has 1 amide bonds. The lowest BCUT2D eigenvalue weighted by Crippen LogP contribution is -2.58. The van der Waals surface area contributed by atoms with Crippen LogP contribution >= 0.6 is 0 Å². The summed E-state index contributed by atoms with van der Waals surface area (Å²) in [6.07, 6.45) is 0.376. The minimum Gasteiger partial charge on any atom is -0.393 e. The summed E-state index contributed by atoms with van der Waals surface area (Å²) in [7, 11) is 0. The number of amides is 1. The SMILES string of the molecule is CC1CN(C(=O)C(C)(C)C(C)(C)N)CCC1O. The molecule has 0 aromatic carbocycles. The van der Waals surface area contributed by atoms with Gasteiger partial charge in [0.15, 0.2) is 0 Å². The van der Waals surface area contributed by atoms with Crippen LogP contribution in [-0.4, -0.2) is 40.6 Å². The minimum atomic E-state index is -0.588. The van der Waals surface area contributed by atoms with E-state index in [1.165, 1.54) is 0 Å². The summed E-state index contributed by atoms with van der Waals surface area (Å²) in [5.41, 5.74) is 4.95. The Morgan fingerprint density at radius 2 is 1.88 bits per heavy atom. The molecule has 1 heterocycles. The van der Waals surface area contributed by atoms with Gasteiger partial charge in [0.25, 0.3) is 0 Å². The number of carbonyl (C=O) groups is 1. The van der Waals surface area contributed by atoms with Gasteiger partial charge in [0.1, 0.15) is 0 Å². The van der Waals surface area contributed by atoms with Crippen LogP contribution in [0.2, 0.25) is 0 Å². The molecule has 3 N–H and O–H groups in total. The van der Waals surface area contributed by atoms with Crippen molar-refractivity contribution in [3.63, 3.8) is 0 Å². The quantitative estimate of drug-likeness (QED) is 0.758. The van der Waals surface area contributed by atoms with E-state index in [-0.39, 0.29) is 17.9 Å². The number of hydrogen-bond acceptors (Lipinski definition) is 3. The fraction of sp³-hybridized carbons (Fsp3) is 0.923. The number of hydrogen-bond donors (Lipinski definition) is 2. The molecule has 0 aromatic heterocycles. The van der Waals surface area contributed by atoms with Gasteiger partial charge in [-0.15, -0.1) is 0 Å². The Bertz CT molecular complexity index is 294. The highest BCUT2D eigenvalue weighted by Gasteiger charge is 2.44. The molecule has 0 aromatic rings. The summed E-state index contributed by atoms with van der Waals surface area (Å²) in [6.45, 7) is 10.8. The average Bonchev–Trinajstić information content (AvgIpc) is 2.19. The lowest BCUT2D eigenvalue weighted by Gasteiger charge is -2.43.